The Balaban J connectivity index is 2.58. The lowest BCUT2D eigenvalue weighted by molar-refractivity contribution is 0.180. The van der Waals surface area contributed by atoms with Crippen molar-refractivity contribution in [3.05, 3.63) is 35.4 Å². The number of aryl methyl sites for hydroxylation is 1. The van der Waals surface area contributed by atoms with E-state index in [9.17, 15) is 0 Å². The standard InChI is InChI=1S/C17H30N2/c1-6-10-18-12-17(14(2)3)19(5)13-16-9-7-8-15(4)11-16/h7-9,11,14,17-18H,6,10,12-13H2,1-5H3. The monoisotopic (exact) mass is 262 g/mol. The number of benzene rings is 1. The van der Waals surface area contributed by atoms with Gasteiger partial charge in [0.1, 0.15) is 0 Å². The maximum absolute atomic E-state index is 3.55. The van der Waals surface area contributed by atoms with E-state index in [2.05, 4.69) is 69.2 Å². The Hall–Kier alpha value is -0.860. The molecule has 1 aromatic carbocycles. The molecule has 0 spiro atoms. The summed E-state index contributed by atoms with van der Waals surface area (Å²) in [6, 6.07) is 9.41. The summed E-state index contributed by atoms with van der Waals surface area (Å²) >= 11 is 0. The van der Waals surface area contributed by atoms with Gasteiger partial charge in [0.2, 0.25) is 0 Å². The highest BCUT2D eigenvalue weighted by Crippen LogP contribution is 2.13. The Bertz CT molecular complexity index is 360. The molecule has 0 saturated heterocycles. The maximum Gasteiger partial charge on any atom is 0.0244 e. The summed E-state index contributed by atoms with van der Waals surface area (Å²) in [7, 11) is 2.24. The predicted molar refractivity (Wildman–Crippen MR) is 84.4 cm³/mol. The molecule has 1 unspecified atom stereocenters. The molecule has 0 aliphatic rings. The lowest BCUT2D eigenvalue weighted by Gasteiger charge is -2.31. The van der Waals surface area contributed by atoms with Gasteiger partial charge in [-0.3, -0.25) is 4.90 Å². The van der Waals surface area contributed by atoms with Crippen molar-refractivity contribution >= 4 is 0 Å². The van der Waals surface area contributed by atoms with Crippen LogP contribution in [-0.2, 0) is 6.54 Å². The van der Waals surface area contributed by atoms with Gasteiger partial charge < -0.3 is 5.32 Å². The zero-order valence-corrected chi connectivity index (χ0v) is 13.2. The van der Waals surface area contributed by atoms with Crippen LogP contribution in [0.1, 0.15) is 38.3 Å². The van der Waals surface area contributed by atoms with E-state index in [-0.39, 0.29) is 0 Å². The second-order valence-corrected chi connectivity index (χ2v) is 5.92. The molecule has 19 heavy (non-hydrogen) atoms. The van der Waals surface area contributed by atoms with Gasteiger partial charge in [-0.2, -0.15) is 0 Å². The van der Waals surface area contributed by atoms with Gasteiger partial charge in [-0.1, -0.05) is 50.6 Å². The first kappa shape index (κ1) is 16.2. The number of hydrogen-bond donors (Lipinski definition) is 1. The van der Waals surface area contributed by atoms with Crippen molar-refractivity contribution in [1.82, 2.24) is 10.2 Å². The van der Waals surface area contributed by atoms with Gasteiger partial charge in [0.25, 0.3) is 0 Å². The Kier molecular flexibility index (Phi) is 7.11. The van der Waals surface area contributed by atoms with E-state index in [1.807, 2.05) is 0 Å². The lowest BCUT2D eigenvalue weighted by atomic mass is 10.0. The highest BCUT2D eigenvalue weighted by molar-refractivity contribution is 5.22. The van der Waals surface area contributed by atoms with E-state index in [4.69, 9.17) is 0 Å². The molecule has 0 aliphatic heterocycles. The SMILES string of the molecule is CCCNCC(C(C)C)N(C)Cc1cccc(C)c1. The molecule has 108 valence electrons. The van der Waals surface area contributed by atoms with Crippen LogP contribution in [0.5, 0.6) is 0 Å². The van der Waals surface area contributed by atoms with E-state index in [1.54, 1.807) is 0 Å². The van der Waals surface area contributed by atoms with E-state index >= 15 is 0 Å². The molecule has 0 aromatic heterocycles. The van der Waals surface area contributed by atoms with Crippen molar-refractivity contribution in [3.63, 3.8) is 0 Å². The van der Waals surface area contributed by atoms with Crippen LogP contribution in [0.25, 0.3) is 0 Å². The molecule has 0 heterocycles. The van der Waals surface area contributed by atoms with Gasteiger partial charge in [-0.15, -0.1) is 0 Å². The Labute approximate surface area is 119 Å². The second-order valence-electron chi connectivity index (χ2n) is 5.92. The minimum Gasteiger partial charge on any atom is -0.315 e. The highest BCUT2D eigenvalue weighted by Gasteiger charge is 2.18. The fraction of sp³-hybridized carbons (Fsp3) is 0.647. The number of nitrogens with one attached hydrogen (secondary N) is 1. The molecular weight excluding hydrogens is 232 g/mol. The smallest absolute Gasteiger partial charge is 0.0244 e. The number of hydrogen-bond acceptors (Lipinski definition) is 2. The summed E-state index contributed by atoms with van der Waals surface area (Å²) in [5.74, 6) is 0.666. The first-order valence-electron chi connectivity index (χ1n) is 7.51. The zero-order chi connectivity index (χ0) is 14.3. The van der Waals surface area contributed by atoms with Gasteiger partial charge in [0.05, 0.1) is 0 Å². The van der Waals surface area contributed by atoms with Crippen molar-refractivity contribution in [3.8, 4) is 0 Å². The maximum atomic E-state index is 3.55. The van der Waals surface area contributed by atoms with E-state index in [0.717, 1.165) is 19.6 Å². The summed E-state index contributed by atoms with van der Waals surface area (Å²) in [5.41, 5.74) is 2.75. The van der Waals surface area contributed by atoms with Gasteiger partial charge in [0, 0.05) is 19.1 Å². The average Bonchev–Trinajstić information content (AvgIpc) is 2.34. The Morgan fingerprint density at radius 1 is 1.26 bits per heavy atom. The minimum absolute atomic E-state index is 0.590. The quantitative estimate of drug-likeness (QED) is 0.722. The van der Waals surface area contributed by atoms with Gasteiger partial charge in [0.15, 0.2) is 0 Å². The average molecular weight is 262 g/mol. The van der Waals surface area contributed by atoms with Crippen molar-refractivity contribution in [1.29, 1.82) is 0 Å². The normalized spacial score (nSPS) is 13.2. The first-order chi connectivity index (χ1) is 9.04. The minimum atomic E-state index is 0.590. The molecular formula is C17H30N2. The van der Waals surface area contributed by atoms with Crippen LogP contribution in [0.4, 0.5) is 0 Å². The fourth-order valence-corrected chi connectivity index (χ4v) is 2.54. The highest BCUT2D eigenvalue weighted by atomic mass is 15.1. The predicted octanol–water partition coefficient (Wildman–Crippen LogP) is 3.45. The van der Waals surface area contributed by atoms with Gasteiger partial charge in [-0.25, -0.2) is 0 Å². The summed E-state index contributed by atoms with van der Waals surface area (Å²) in [6.07, 6.45) is 1.20. The summed E-state index contributed by atoms with van der Waals surface area (Å²) in [6.45, 7) is 12.2. The third-order valence-electron chi connectivity index (χ3n) is 3.63. The summed E-state index contributed by atoms with van der Waals surface area (Å²) in [5, 5.41) is 3.55. The molecule has 1 atom stereocenters. The molecule has 2 heteroatoms. The molecule has 0 bridgehead atoms. The van der Waals surface area contributed by atoms with Crippen molar-refractivity contribution in [2.24, 2.45) is 5.92 Å². The Morgan fingerprint density at radius 2 is 2.00 bits per heavy atom. The van der Waals surface area contributed by atoms with Crippen LogP contribution in [0, 0.1) is 12.8 Å². The molecule has 1 N–H and O–H groups in total. The molecule has 1 rings (SSSR count). The van der Waals surface area contributed by atoms with Crippen LogP contribution >= 0.6 is 0 Å². The second kappa shape index (κ2) is 8.34. The molecule has 0 radical (unpaired) electrons. The molecule has 1 aromatic rings. The molecule has 0 amide bonds. The van der Waals surface area contributed by atoms with Gasteiger partial charge >= 0.3 is 0 Å². The molecule has 2 nitrogen and oxygen atoms in total. The van der Waals surface area contributed by atoms with Crippen molar-refractivity contribution in [2.75, 3.05) is 20.1 Å². The number of nitrogens with zero attached hydrogens (tertiary/aromatic N) is 1. The molecule has 0 saturated carbocycles. The van der Waals surface area contributed by atoms with Crippen LogP contribution in [-0.4, -0.2) is 31.1 Å². The third-order valence-corrected chi connectivity index (χ3v) is 3.63. The number of likely N-dealkylation sites (N-methyl/N-ethyl adjacent to an activating group) is 1. The van der Waals surface area contributed by atoms with Gasteiger partial charge in [-0.05, 0) is 38.4 Å². The topological polar surface area (TPSA) is 15.3 Å². The van der Waals surface area contributed by atoms with Crippen LogP contribution < -0.4 is 5.32 Å². The largest absolute Gasteiger partial charge is 0.315 e. The lowest BCUT2D eigenvalue weighted by Crippen LogP contribution is -2.43. The van der Waals surface area contributed by atoms with Crippen LogP contribution in [0.15, 0.2) is 24.3 Å². The van der Waals surface area contributed by atoms with Crippen molar-refractivity contribution in [2.45, 2.75) is 46.7 Å². The Morgan fingerprint density at radius 3 is 2.58 bits per heavy atom. The fourth-order valence-electron chi connectivity index (χ4n) is 2.54. The third kappa shape index (κ3) is 5.75. The van der Waals surface area contributed by atoms with E-state index in [0.29, 0.717) is 12.0 Å². The number of rotatable bonds is 8. The van der Waals surface area contributed by atoms with Crippen LogP contribution in [0.2, 0.25) is 0 Å². The van der Waals surface area contributed by atoms with E-state index < -0.39 is 0 Å². The van der Waals surface area contributed by atoms with Crippen molar-refractivity contribution < 1.29 is 0 Å². The summed E-state index contributed by atoms with van der Waals surface area (Å²) in [4.78, 5) is 2.47. The molecule has 0 aliphatic carbocycles. The summed E-state index contributed by atoms with van der Waals surface area (Å²) < 4.78 is 0. The molecule has 0 fully saturated rings. The van der Waals surface area contributed by atoms with Crippen LogP contribution in [0.3, 0.4) is 0 Å². The first-order valence-corrected chi connectivity index (χ1v) is 7.51. The van der Waals surface area contributed by atoms with E-state index in [1.165, 1.54) is 17.5 Å². The zero-order valence-electron chi connectivity index (χ0n) is 13.2.